The lowest BCUT2D eigenvalue weighted by molar-refractivity contribution is -0.385. The van der Waals surface area contributed by atoms with Crippen LogP contribution in [0.3, 0.4) is 0 Å². The number of benzene rings is 2. The highest BCUT2D eigenvalue weighted by Gasteiger charge is 2.21. The van der Waals surface area contributed by atoms with Crippen LogP contribution in [-0.4, -0.2) is 13.3 Å². The standard InChI is InChI=1S/C14H11ClF2N2O4S/c15-11-5-6-12(16)10(14(11)17)7-18-24(22,23)8-9-3-1-2-4-13(9)19(20)21/h1-6,18H,7-8H2. The second kappa shape index (κ2) is 7.20. The van der Waals surface area contributed by atoms with Gasteiger partial charge in [-0.05, 0) is 12.1 Å². The van der Waals surface area contributed by atoms with Crippen LogP contribution in [0.15, 0.2) is 36.4 Å². The Hall–Kier alpha value is -2.10. The van der Waals surface area contributed by atoms with Crippen LogP contribution in [0.5, 0.6) is 0 Å². The average molecular weight is 377 g/mol. The number of nitrogens with one attached hydrogen (secondary N) is 1. The normalized spacial score (nSPS) is 11.5. The van der Waals surface area contributed by atoms with E-state index in [9.17, 15) is 27.3 Å². The van der Waals surface area contributed by atoms with Gasteiger partial charge < -0.3 is 0 Å². The molecule has 2 rings (SSSR count). The first-order valence-electron chi connectivity index (χ1n) is 6.53. The number of halogens is 3. The van der Waals surface area contributed by atoms with Gasteiger partial charge in [0.05, 0.1) is 15.7 Å². The first kappa shape index (κ1) is 18.2. The van der Waals surface area contributed by atoms with Crippen LogP contribution in [0.4, 0.5) is 14.5 Å². The Balaban J connectivity index is 2.19. The number of hydrogen-bond acceptors (Lipinski definition) is 4. The number of para-hydroxylation sites is 1. The lowest BCUT2D eigenvalue weighted by Crippen LogP contribution is -2.26. The molecule has 0 heterocycles. The molecule has 0 atom stereocenters. The Bertz CT molecular complexity index is 890. The molecule has 128 valence electrons. The van der Waals surface area contributed by atoms with E-state index in [-0.39, 0.29) is 16.3 Å². The van der Waals surface area contributed by atoms with E-state index < -0.39 is 44.4 Å². The average Bonchev–Trinajstić information content (AvgIpc) is 2.51. The molecule has 2 aromatic carbocycles. The minimum atomic E-state index is -4.07. The topological polar surface area (TPSA) is 89.3 Å². The molecule has 0 aliphatic carbocycles. The third kappa shape index (κ3) is 4.25. The van der Waals surface area contributed by atoms with Crippen molar-refractivity contribution in [2.75, 3.05) is 0 Å². The second-order valence-electron chi connectivity index (χ2n) is 4.79. The van der Waals surface area contributed by atoms with Crippen LogP contribution in [-0.2, 0) is 22.3 Å². The number of sulfonamides is 1. The Morgan fingerprint density at radius 2 is 1.83 bits per heavy atom. The smallest absolute Gasteiger partial charge is 0.258 e. The maximum absolute atomic E-state index is 13.7. The van der Waals surface area contributed by atoms with Crippen molar-refractivity contribution in [3.8, 4) is 0 Å². The second-order valence-corrected chi connectivity index (χ2v) is 7.00. The summed E-state index contributed by atoms with van der Waals surface area (Å²) in [5, 5.41) is 10.5. The molecule has 0 aliphatic heterocycles. The van der Waals surface area contributed by atoms with Crippen LogP contribution in [0, 0.1) is 21.7 Å². The van der Waals surface area contributed by atoms with Crippen molar-refractivity contribution < 1.29 is 22.1 Å². The fourth-order valence-electron chi connectivity index (χ4n) is 1.98. The van der Waals surface area contributed by atoms with Gasteiger partial charge in [-0.2, -0.15) is 0 Å². The molecule has 6 nitrogen and oxygen atoms in total. The number of hydrogen-bond donors (Lipinski definition) is 1. The van der Waals surface area contributed by atoms with Crippen LogP contribution in [0.25, 0.3) is 0 Å². The molecule has 1 N–H and O–H groups in total. The van der Waals surface area contributed by atoms with Crippen molar-refractivity contribution >= 4 is 27.3 Å². The van der Waals surface area contributed by atoms with E-state index in [4.69, 9.17) is 11.6 Å². The summed E-state index contributed by atoms with van der Waals surface area (Å²) in [5.41, 5.74) is -0.932. The van der Waals surface area contributed by atoms with Gasteiger partial charge >= 0.3 is 0 Å². The van der Waals surface area contributed by atoms with Gasteiger partial charge in [0.2, 0.25) is 10.0 Å². The quantitative estimate of drug-likeness (QED) is 0.476. The van der Waals surface area contributed by atoms with E-state index >= 15 is 0 Å². The van der Waals surface area contributed by atoms with Gasteiger partial charge in [-0.1, -0.05) is 29.8 Å². The van der Waals surface area contributed by atoms with Gasteiger partial charge in [-0.25, -0.2) is 21.9 Å². The zero-order chi connectivity index (χ0) is 17.9. The summed E-state index contributed by atoms with van der Waals surface area (Å²) in [6, 6.07) is 7.24. The van der Waals surface area contributed by atoms with Gasteiger partial charge in [0, 0.05) is 23.7 Å². The highest BCUT2D eigenvalue weighted by Crippen LogP contribution is 2.22. The highest BCUT2D eigenvalue weighted by molar-refractivity contribution is 7.88. The molecule has 2 aromatic rings. The van der Waals surface area contributed by atoms with Gasteiger partial charge in [0.15, 0.2) is 0 Å². The van der Waals surface area contributed by atoms with Gasteiger partial charge in [0.25, 0.3) is 5.69 Å². The Morgan fingerprint density at radius 1 is 1.17 bits per heavy atom. The van der Waals surface area contributed by atoms with Gasteiger partial charge in [-0.15, -0.1) is 0 Å². The van der Waals surface area contributed by atoms with Crippen LogP contribution in [0.1, 0.15) is 11.1 Å². The van der Waals surface area contributed by atoms with Gasteiger partial charge in [-0.3, -0.25) is 10.1 Å². The molecule has 0 bridgehead atoms. The Morgan fingerprint density at radius 3 is 2.50 bits per heavy atom. The van der Waals surface area contributed by atoms with Gasteiger partial charge in [0.1, 0.15) is 11.6 Å². The van der Waals surface area contributed by atoms with Crippen molar-refractivity contribution in [1.82, 2.24) is 4.72 Å². The molecule has 0 amide bonds. The largest absolute Gasteiger partial charge is 0.273 e. The Labute approximate surface area is 141 Å². The van der Waals surface area contributed by atoms with Crippen molar-refractivity contribution in [2.45, 2.75) is 12.3 Å². The first-order valence-corrected chi connectivity index (χ1v) is 8.56. The third-order valence-corrected chi connectivity index (χ3v) is 4.71. The van der Waals surface area contributed by atoms with E-state index in [0.717, 1.165) is 12.1 Å². The number of rotatable bonds is 6. The van der Waals surface area contributed by atoms with Crippen LogP contribution in [0.2, 0.25) is 5.02 Å². The van der Waals surface area contributed by atoms with Crippen LogP contribution < -0.4 is 4.72 Å². The lowest BCUT2D eigenvalue weighted by atomic mass is 10.2. The van der Waals surface area contributed by atoms with Crippen molar-refractivity contribution in [1.29, 1.82) is 0 Å². The monoisotopic (exact) mass is 376 g/mol. The molecule has 0 radical (unpaired) electrons. The molecule has 0 saturated carbocycles. The lowest BCUT2D eigenvalue weighted by Gasteiger charge is -2.09. The molecule has 0 unspecified atom stereocenters. The van der Waals surface area contributed by atoms with Crippen molar-refractivity contribution in [2.24, 2.45) is 0 Å². The summed E-state index contributed by atoms with van der Waals surface area (Å²) in [7, 11) is -4.07. The molecule has 24 heavy (non-hydrogen) atoms. The molecule has 0 fully saturated rings. The molecular formula is C14H11ClF2N2O4S. The summed E-state index contributed by atoms with van der Waals surface area (Å²) in [5.74, 6) is -2.72. The fraction of sp³-hybridized carbons (Fsp3) is 0.143. The van der Waals surface area contributed by atoms with E-state index in [1.165, 1.54) is 24.3 Å². The minimum absolute atomic E-state index is 0.0398. The number of nitro benzene ring substituents is 1. The molecule has 0 spiro atoms. The SMILES string of the molecule is O=[N+]([O-])c1ccccc1CS(=O)(=O)NCc1c(F)ccc(Cl)c1F. The molecule has 0 saturated heterocycles. The highest BCUT2D eigenvalue weighted by atomic mass is 35.5. The summed E-state index contributed by atoms with van der Waals surface area (Å²) < 4.78 is 53.4. The Kier molecular flexibility index (Phi) is 5.47. The zero-order valence-electron chi connectivity index (χ0n) is 12.0. The third-order valence-electron chi connectivity index (χ3n) is 3.14. The van der Waals surface area contributed by atoms with Crippen molar-refractivity contribution in [3.05, 3.63) is 74.3 Å². The fourth-order valence-corrected chi connectivity index (χ4v) is 3.28. The molecule has 10 heteroatoms. The summed E-state index contributed by atoms with van der Waals surface area (Å²) in [4.78, 5) is 10.2. The summed E-state index contributed by atoms with van der Waals surface area (Å²) in [6.07, 6.45) is 0. The predicted molar refractivity (Wildman–Crippen MR) is 83.9 cm³/mol. The summed E-state index contributed by atoms with van der Waals surface area (Å²) >= 11 is 5.53. The number of nitrogens with zero attached hydrogens (tertiary/aromatic N) is 1. The molecule has 0 aliphatic rings. The minimum Gasteiger partial charge on any atom is -0.258 e. The predicted octanol–water partition coefficient (Wildman–Crippen LogP) is 3.15. The first-order chi connectivity index (χ1) is 11.2. The maximum atomic E-state index is 13.7. The van der Waals surface area contributed by atoms with E-state index in [1.54, 1.807) is 0 Å². The molecule has 0 aromatic heterocycles. The van der Waals surface area contributed by atoms with E-state index in [1.807, 2.05) is 4.72 Å². The van der Waals surface area contributed by atoms with E-state index in [0.29, 0.717) is 0 Å². The van der Waals surface area contributed by atoms with E-state index in [2.05, 4.69) is 0 Å². The molecular weight excluding hydrogens is 366 g/mol. The van der Waals surface area contributed by atoms with Crippen molar-refractivity contribution in [3.63, 3.8) is 0 Å². The maximum Gasteiger partial charge on any atom is 0.273 e. The number of nitro groups is 1. The van der Waals surface area contributed by atoms with Crippen LogP contribution >= 0.6 is 11.6 Å². The zero-order valence-corrected chi connectivity index (χ0v) is 13.6. The summed E-state index contributed by atoms with van der Waals surface area (Å²) in [6.45, 7) is -0.665.